The van der Waals surface area contributed by atoms with Crippen molar-refractivity contribution in [2.75, 3.05) is 19.7 Å². The fourth-order valence-corrected chi connectivity index (χ4v) is 3.64. The van der Waals surface area contributed by atoms with Gasteiger partial charge in [-0.1, -0.05) is 30.3 Å². The quantitative estimate of drug-likeness (QED) is 0.654. The monoisotopic (exact) mass is 391 g/mol. The molecule has 1 aromatic carbocycles. The van der Waals surface area contributed by atoms with E-state index >= 15 is 0 Å². The van der Waals surface area contributed by atoms with E-state index in [1.165, 1.54) is 12.1 Å². The van der Waals surface area contributed by atoms with Crippen LogP contribution in [0.4, 0.5) is 4.39 Å². The van der Waals surface area contributed by atoms with Gasteiger partial charge in [0.1, 0.15) is 5.82 Å². The highest BCUT2D eigenvalue weighted by Gasteiger charge is 2.26. The number of likely N-dealkylation sites (tertiary alicyclic amines) is 1. The number of hydrogen-bond donors (Lipinski definition) is 0. The maximum absolute atomic E-state index is 13.2. The van der Waals surface area contributed by atoms with Gasteiger partial charge in [-0.25, -0.2) is 9.37 Å². The smallest absolute Gasteiger partial charge is 0.256 e. The summed E-state index contributed by atoms with van der Waals surface area (Å²) in [5.41, 5.74) is 2.50. The molecule has 5 nitrogen and oxygen atoms in total. The third-order valence-corrected chi connectivity index (χ3v) is 5.11. The molecule has 1 unspecified atom stereocenters. The van der Waals surface area contributed by atoms with Crippen molar-refractivity contribution in [2.45, 2.75) is 12.8 Å². The Morgan fingerprint density at radius 3 is 2.79 bits per heavy atom. The standard InChI is InChI=1S/C23H22FN3O2/c24-19-8-9-22(26-13-19)29-16-17-5-4-12-27(15-17)23(28)21-14-25-11-10-20(21)18-6-2-1-3-7-18/h1-3,6-11,13-14,17H,4-5,12,15-16H2. The van der Waals surface area contributed by atoms with Crippen molar-refractivity contribution in [3.63, 3.8) is 0 Å². The molecule has 3 heterocycles. The summed E-state index contributed by atoms with van der Waals surface area (Å²) in [6.45, 7) is 1.78. The van der Waals surface area contributed by atoms with Crippen LogP contribution in [0.3, 0.4) is 0 Å². The molecule has 0 N–H and O–H groups in total. The summed E-state index contributed by atoms with van der Waals surface area (Å²) >= 11 is 0. The van der Waals surface area contributed by atoms with Crippen molar-refractivity contribution in [2.24, 2.45) is 5.92 Å². The van der Waals surface area contributed by atoms with Crippen molar-refractivity contribution in [1.29, 1.82) is 0 Å². The van der Waals surface area contributed by atoms with Gasteiger partial charge in [0, 0.05) is 37.5 Å². The highest BCUT2D eigenvalue weighted by molar-refractivity contribution is 6.00. The highest BCUT2D eigenvalue weighted by Crippen LogP contribution is 2.26. The number of carbonyl (C=O) groups excluding carboxylic acids is 1. The second kappa shape index (κ2) is 8.82. The second-order valence-corrected chi connectivity index (χ2v) is 7.17. The molecule has 1 aliphatic rings. The van der Waals surface area contributed by atoms with E-state index in [0.29, 0.717) is 31.1 Å². The fourth-order valence-electron chi connectivity index (χ4n) is 3.64. The molecule has 0 spiro atoms. The third-order valence-electron chi connectivity index (χ3n) is 5.11. The zero-order chi connectivity index (χ0) is 20.1. The molecule has 29 heavy (non-hydrogen) atoms. The molecule has 148 valence electrons. The van der Waals surface area contributed by atoms with Crippen LogP contribution in [0.1, 0.15) is 23.2 Å². The maximum Gasteiger partial charge on any atom is 0.256 e. The van der Waals surface area contributed by atoms with Crippen molar-refractivity contribution in [1.82, 2.24) is 14.9 Å². The lowest BCUT2D eigenvalue weighted by Gasteiger charge is -2.33. The third kappa shape index (κ3) is 4.59. The summed E-state index contributed by atoms with van der Waals surface area (Å²) in [4.78, 5) is 23.2. The molecule has 0 radical (unpaired) electrons. The van der Waals surface area contributed by atoms with Crippen LogP contribution in [0.25, 0.3) is 11.1 Å². The van der Waals surface area contributed by atoms with Gasteiger partial charge in [-0.2, -0.15) is 0 Å². The topological polar surface area (TPSA) is 55.3 Å². The minimum Gasteiger partial charge on any atom is -0.477 e. The zero-order valence-electron chi connectivity index (χ0n) is 16.0. The second-order valence-electron chi connectivity index (χ2n) is 7.17. The summed E-state index contributed by atoms with van der Waals surface area (Å²) in [5, 5.41) is 0. The Morgan fingerprint density at radius 1 is 1.14 bits per heavy atom. The van der Waals surface area contributed by atoms with Gasteiger partial charge in [-0.05, 0) is 36.1 Å². The molecule has 3 aromatic rings. The first-order valence-electron chi connectivity index (χ1n) is 9.74. The van der Waals surface area contributed by atoms with Crippen LogP contribution in [-0.4, -0.2) is 40.5 Å². The largest absolute Gasteiger partial charge is 0.477 e. The predicted molar refractivity (Wildman–Crippen MR) is 108 cm³/mol. The number of carbonyl (C=O) groups is 1. The van der Waals surface area contributed by atoms with Crippen molar-refractivity contribution in [3.8, 4) is 17.0 Å². The molecule has 1 aliphatic heterocycles. The first-order valence-corrected chi connectivity index (χ1v) is 9.74. The molecule has 2 aromatic heterocycles. The lowest BCUT2D eigenvalue weighted by atomic mass is 9.96. The molecule has 4 rings (SSSR count). The van der Waals surface area contributed by atoms with E-state index in [1.807, 2.05) is 41.3 Å². The summed E-state index contributed by atoms with van der Waals surface area (Å²) in [6.07, 6.45) is 6.38. The van der Waals surface area contributed by atoms with Crippen LogP contribution in [-0.2, 0) is 0 Å². The number of amides is 1. The summed E-state index contributed by atoms with van der Waals surface area (Å²) in [5.74, 6) is 0.198. The number of nitrogens with zero attached hydrogens (tertiary/aromatic N) is 3. The van der Waals surface area contributed by atoms with Crippen molar-refractivity contribution in [3.05, 3.63) is 78.5 Å². The van der Waals surface area contributed by atoms with E-state index in [2.05, 4.69) is 9.97 Å². The van der Waals surface area contributed by atoms with Gasteiger partial charge in [-0.3, -0.25) is 9.78 Å². The van der Waals surface area contributed by atoms with Crippen LogP contribution in [0.15, 0.2) is 67.1 Å². The van der Waals surface area contributed by atoms with E-state index in [4.69, 9.17) is 4.74 Å². The van der Waals surface area contributed by atoms with Crippen LogP contribution < -0.4 is 4.74 Å². The highest BCUT2D eigenvalue weighted by atomic mass is 19.1. The van der Waals surface area contributed by atoms with Gasteiger partial charge in [0.15, 0.2) is 0 Å². The summed E-state index contributed by atoms with van der Waals surface area (Å²) in [7, 11) is 0. The Hall–Kier alpha value is -3.28. The number of benzene rings is 1. The first kappa shape index (κ1) is 19.1. The average Bonchev–Trinajstić information content (AvgIpc) is 2.79. The van der Waals surface area contributed by atoms with Crippen LogP contribution >= 0.6 is 0 Å². The Morgan fingerprint density at radius 2 is 2.00 bits per heavy atom. The van der Waals surface area contributed by atoms with E-state index < -0.39 is 5.82 Å². The number of halogens is 1. The molecular weight excluding hydrogens is 369 g/mol. The zero-order valence-corrected chi connectivity index (χ0v) is 16.0. The molecule has 6 heteroatoms. The Labute approximate surface area is 169 Å². The number of rotatable bonds is 5. The van der Waals surface area contributed by atoms with E-state index in [1.54, 1.807) is 12.4 Å². The molecule has 1 fully saturated rings. The summed E-state index contributed by atoms with van der Waals surface area (Å²) in [6, 6.07) is 14.6. The van der Waals surface area contributed by atoms with Crippen LogP contribution in [0.5, 0.6) is 5.88 Å². The van der Waals surface area contributed by atoms with E-state index in [0.717, 1.165) is 30.2 Å². The molecule has 0 bridgehead atoms. The Bertz CT molecular complexity index is 963. The molecular formula is C23H22FN3O2. The normalized spacial score (nSPS) is 16.4. The first-order chi connectivity index (χ1) is 14.2. The predicted octanol–water partition coefficient (Wildman–Crippen LogP) is 4.21. The minimum atomic E-state index is -0.391. The number of pyridine rings is 2. The summed E-state index contributed by atoms with van der Waals surface area (Å²) < 4.78 is 18.7. The van der Waals surface area contributed by atoms with Crippen LogP contribution in [0.2, 0.25) is 0 Å². The molecule has 1 amide bonds. The van der Waals surface area contributed by atoms with Gasteiger partial charge in [0.25, 0.3) is 5.91 Å². The molecule has 1 atom stereocenters. The average molecular weight is 391 g/mol. The van der Waals surface area contributed by atoms with Gasteiger partial charge in [-0.15, -0.1) is 0 Å². The Balaban J connectivity index is 1.45. The molecule has 1 saturated heterocycles. The molecule has 0 aliphatic carbocycles. The minimum absolute atomic E-state index is 0.0124. The van der Waals surface area contributed by atoms with Gasteiger partial charge in [0.2, 0.25) is 5.88 Å². The van der Waals surface area contributed by atoms with Crippen molar-refractivity contribution >= 4 is 5.91 Å². The lowest BCUT2D eigenvalue weighted by molar-refractivity contribution is 0.0631. The van der Waals surface area contributed by atoms with Crippen LogP contribution in [0, 0.1) is 11.7 Å². The Kier molecular flexibility index (Phi) is 5.79. The van der Waals surface area contributed by atoms with Gasteiger partial charge in [0.05, 0.1) is 18.4 Å². The number of aromatic nitrogens is 2. The van der Waals surface area contributed by atoms with Gasteiger partial charge < -0.3 is 9.64 Å². The SMILES string of the molecule is O=C(c1cnccc1-c1ccccc1)N1CCCC(COc2ccc(F)cn2)C1. The van der Waals surface area contributed by atoms with Gasteiger partial charge >= 0.3 is 0 Å². The number of hydrogen-bond acceptors (Lipinski definition) is 4. The van der Waals surface area contributed by atoms with Crippen molar-refractivity contribution < 1.29 is 13.9 Å². The number of piperidine rings is 1. The maximum atomic E-state index is 13.2. The lowest BCUT2D eigenvalue weighted by Crippen LogP contribution is -2.41. The number of ether oxygens (including phenoxy) is 1. The molecule has 0 saturated carbocycles. The van der Waals surface area contributed by atoms with E-state index in [-0.39, 0.29) is 11.8 Å². The fraction of sp³-hybridized carbons (Fsp3) is 0.261. The van der Waals surface area contributed by atoms with E-state index in [9.17, 15) is 9.18 Å².